The average molecular weight is 321 g/mol. The summed E-state index contributed by atoms with van der Waals surface area (Å²) in [6.45, 7) is 3.79. The number of carbonyl (C=O) groups excluding carboxylic acids is 2. The molecule has 1 saturated carbocycles. The minimum Gasteiger partial charge on any atom is -0.415 e. The number of ether oxygens (including phenoxy) is 2. The van der Waals surface area contributed by atoms with Crippen LogP contribution in [-0.2, 0) is 14.3 Å². The van der Waals surface area contributed by atoms with E-state index in [4.69, 9.17) is 21.1 Å². The standard InChI is InChI=1S/C17H17ClO4/c1-10-6-7-14-11(2)15(19)21-17(14,9-10)22-16(20)12-4-3-5-13(18)8-12/h3-5,8,10H,6-7,9H2,1-2H3/t10-,17+/m1/s1. The molecule has 3 rings (SSSR count). The van der Waals surface area contributed by atoms with Crippen molar-refractivity contribution in [3.8, 4) is 0 Å². The summed E-state index contributed by atoms with van der Waals surface area (Å²) in [5.41, 5.74) is 1.71. The van der Waals surface area contributed by atoms with Crippen molar-refractivity contribution >= 4 is 23.5 Å². The average Bonchev–Trinajstić information content (AvgIpc) is 2.69. The Morgan fingerprint density at radius 2 is 2.23 bits per heavy atom. The fraction of sp³-hybridized carbons (Fsp3) is 0.412. The van der Waals surface area contributed by atoms with E-state index in [0.29, 0.717) is 34.9 Å². The number of benzene rings is 1. The van der Waals surface area contributed by atoms with Crippen LogP contribution in [-0.4, -0.2) is 17.7 Å². The van der Waals surface area contributed by atoms with Crippen LogP contribution in [0.15, 0.2) is 35.4 Å². The van der Waals surface area contributed by atoms with Gasteiger partial charge in [-0.3, -0.25) is 0 Å². The summed E-state index contributed by atoms with van der Waals surface area (Å²) >= 11 is 5.91. The molecule has 22 heavy (non-hydrogen) atoms. The first-order chi connectivity index (χ1) is 10.4. The molecule has 5 heteroatoms. The molecule has 0 spiro atoms. The second-order valence-corrected chi connectivity index (χ2v) is 6.43. The molecule has 4 nitrogen and oxygen atoms in total. The van der Waals surface area contributed by atoms with Gasteiger partial charge in [0.1, 0.15) is 0 Å². The Morgan fingerprint density at radius 1 is 1.45 bits per heavy atom. The van der Waals surface area contributed by atoms with Gasteiger partial charge in [-0.15, -0.1) is 0 Å². The zero-order valence-corrected chi connectivity index (χ0v) is 13.3. The van der Waals surface area contributed by atoms with Gasteiger partial charge in [0.05, 0.1) is 5.56 Å². The monoisotopic (exact) mass is 320 g/mol. The lowest BCUT2D eigenvalue weighted by Gasteiger charge is -2.36. The molecule has 0 radical (unpaired) electrons. The first-order valence-corrected chi connectivity index (χ1v) is 7.71. The van der Waals surface area contributed by atoms with Crippen molar-refractivity contribution in [1.29, 1.82) is 0 Å². The molecular formula is C17H17ClO4. The van der Waals surface area contributed by atoms with E-state index in [1.54, 1.807) is 31.2 Å². The SMILES string of the molecule is CC1=C2CC[C@@H](C)C[C@@]2(OC(=O)c2cccc(Cl)c2)OC1=O. The van der Waals surface area contributed by atoms with Crippen LogP contribution in [0.1, 0.15) is 43.5 Å². The molecule has 1 heterocycles. The molecule has 1 fully saturated rings. The van der Waals surface area contributed by atoms with Gasteiger partial charge in [0.2, 0.25) is 0 Å². The van der Waals surface area contributed by atoms with Gasteiger partial charge in [-0.05, 0) is 43.9 Å². The molecule has 0 unspecified atom stereocenters. The van der Waals surface area contributed by atoms with Crippen molar-refractivity contribution in [3.05, 3.63) is 46.0 Å². The Labute approximate surface area is 134 Å². The van der Waals surface area contributed by atoms with Crippen molar-refractivity contribution in [2.75, 3.05) is 0 Å². The third-order valence-corrected chi connectivity index (χ3v) is 4.53. The van der Waals surface area contributed by atoms with Crippen LogP contribution < -0.4 is 0 Å². The second kappa shape index (κ2) is 5.43. The maximum atomic E-state index is 12.4. The summed E-state index contributed by atoms with van der Waals surface area (Å²) in [7, 11) is 0. The first kappa shape index (κ1) is 15.1. The Kier molecular flexibility index (Phi) is 3.73. The third-order valence-electron chi connectivity index (χ3n) is 4.30. The number of esters is 2. The Balaban J connectivity index is 1.91. The van der Waals surface area contributed by atoms with Crippen LogP contribution in [0.4, 0.5) is 0 Å². The maximum absolute atomic E-state index is 12.4. The van der Waals surface area contributed by atoms with E-state index in [9.17, 15) is 9.59 Å². The number of fused-ring (bicyclic) bond motifs is 1. The van der Waals surface area contributed by atoms with Gasteiger partial charge in [-0.2, -0.15) is 0 Å². The molecule has 116 valence electrons. The fourth-order valence-electron chi connectivity index (χ4n) is 3.14. The van der Waals surface area contributed by atoms with Crippen molar-refractivity contribution < 1.29 is 19.1 Å². The van der Waals surface area contributed by atoms with Gasteiger partial charge >= 0.3 is 11.9 Å². The van der Waals surface area contributed by atoms with Crippen molar-refractivity contribution in [3.63, 3.8) is 0 Å². The van der Waals surface area contributed by atoms with E-state index in [1.807, 2.05) is 0 Å². The summed E-state index contributed by atoms with van der Waals surface area (Å²) in [4.78, 5) is 24.4. The molecule has 2 aliphatic rings. The predicted molar refractivity (Wildman–Crippen MR) is 81.4 cm³/mol. The van der Waals surface area contributed by atoms with E-state index in [2.05, 4.69) is 6.92 Å². The zero-order chi connectivity index (χ0) is 15.9. The predicted octanol–water partition coefficient (Wildman–Crippen LogP) is 3.89. The molecule has 0 N–H and O–H groups in total. The first-order valence-electron chi connectivity index (χ1n) is 7.34. The minimum atomic E-state index is -1.24. The van der Waals surface area contributed by atoms with E-state index in [-0.39, 0.29) is 0 Å². The number of rotatable bonds is 2. The van der Waals surface area contributed by atoms with Gasteiger partial charge in [0.15, 0.2) is 0 Å². The molecule has 1 aliphatic carbocycles. The number of hydrogen-bond donors (Lipinski definition) is 0. The van der Waals surface area contributed by atoms with Crippen molar-refractivity contribution in [2.45, 2.75) is 38.9 Å². The van der Waals surface area contributed by atoms with Gasteiger partial charge in [0, 0.05) is 22.6 Å². The lowest BCUT2D eigenvalue weighted by atomic mass is 9.81. The quantitative estimate of drug-likeness (QED) is 0.776. The molecule has 0 saturated heterocycles. The van der Waals surface area contributed by atoms with Gasteiger partial charge in [0.25, 0.3) is 5.79 Å². The summed E-state index contributed by atoms with van der Waals surface area (Å²) < 4.78 is 11.1. The number of carbonyl (C=O) groups is 2. The van der Waals surface area contributed by atoms with E-state index in [0.717, 1.165) is 12.0 Å². The highest BCUT2D eigenvalue weighted by Gasteiger charge is 2.52. The summed E-state index contributed by atoms with van der Waals surface area (Å²) in [6, 6.07) is 6.54. The molecule has 1 aromatic carbocycles. The summed E-state index contributed by atoms with van der Waals surface area (Å²) in [5.74, 6) is -1.85. The van der Waals surface area contributed by atoms with E-state index >= 15 is 0 Å². The lowest BCUT2D eigenvalue weighted by molar-refractivity contribution is -0.191. The van der Waals surface area contributed by atoms with Crippen LogP contribution in [0.25, 0.3) is 0 Å². The van der Waals surface area contributed by atoms with Crippen molar-refractivity contribution in [1.82, 2.24) is 0 Å². The Bertz CT molecular complexity index is 679. The van der Waals surface area contributed by atoms with E-state index < -0.39 is 17.7 Å². The largest absolute Gasteiger partial charge is 0.415 e. The van der Waals surface area contributed by atoms with Crippen LogP contribution in [0, 0.1) is 5.92 Å². The normalized spacial score (nSPS) is 27.4. The van der Waals surface area contributed by atoms with Crippen LogP contribution >= 0.6 is 11.6 Å². The topological polar surface area (TPSA) is 52.6 Å². The Hall–Kier alpha value is -1.81. The number of hydrogen-bond acceptors (Lipinski definition) is 4. The van der Waals surface area contributed by atoms with Crippen molar-refractivity contribution in [2.24, 2.45) is 5.92 Å². The highest BCUT2D eigenvalue weighted by atomic mass is 35.5. The second-order valence-electron chi connectivity index (χ2n) is 5.99. The third kappa shape index (κ3) is 2.52. The zero-order valence-electron chi connectivity index (χ0n) is 12.5. The minimum absolute atomic E-state index is 0.314. The van der Waals surface area contributed by atoms with Crippen LogP contribution in [0.2, 0.25) is 5.02 Å². The summed E-state index contributed by atoms with van der Waals surface area (Å²) in [5, 5.41) is 0.458. The number of halogens is 1. The molecule has 0 aromatic heterocycles. The smallest absolute Gasteiger partial charge is 0.341 e. The highest BCUT2D eigenvalue weighted by Crippen LogP contribution is 2.46. The molecule has 2 atom stereocenters. The van der Waals surface area contributed by atoms with Gasteiger partial charge in [-0.25, -0.2) is 9.59 Å². The van der Waals surface area contributed by atoms with Crippen LogP contribution in [0.5, 0.6) is 0 Å². The fourth-order valence-corrected chi connectivity index (χ4v) is 3.33. The molecule has 0 amide bonds. The Morgan fingerprint density at radius 3 is 2.95 bits per heavy atom. The molecule has 1 aliphatic heterocycles. The molecular weight excluding hydrogens is 304 g/mol. The van der Waals surface area contributed by atoms with E-state index in [1.165, 1.54) is 0 Å². The highest BCUT2D eigenvalue weighted by molar-refractivity contribution is 6.30. The maximum Gasteiger partial charge on any atom is 0.341 e. The summed E-state index contributed by atoms with van der Waals surface area (Å²) in [6.07, 6.45) is 2.17. The lowest BCUT2D eigenvalue weighted by Crippen LogP contribution is -2.42. The van der Waals surface area contributed by atoms with Crippen LogP contribution in [0.3, 0.4) is 0 Å². The molecule has 0 bridgehead atoms. The molecule has 1 aromatic rings. The van der Waals surface area contributed by atoms with Gasteiger partial charge < -0.3 is 9.47 Å². The van der Waals surface area contributed by atoms with Gasteiger partial charge in [-0.1, -0.05) is 24.6 Å².